The number of aromatic nitrogens is 2. The molecule has 0 N–H and O–H groups in total. The smallest absolute Gasteiger partial charge is 0.247 e. The van der Waals surface area contributed by atoms with Crippen molar-refractivity contribution in [2.45, 2.75) is 45.6 Å². The number of fused-ring (bicyclic) bond motifs is 1. The lowest BCUT2D eigenvalue weighted by molar-refractivity contribution is -0.140. The molecule has 0 spiro atoms. The zero-order valence-electron chi connectivity index (χ0n) is 17.3. The van der Waals surface area contributed by atoms with Gasteiger partial charge < -0.3 is 9.32 Å². The first-order valence-electron chi connectivity index (χ1n) is 10.4. The maximum atomic E-state index is 12.5. The van der Waals surface area contributed by atoms with Crippen LogP contribution >= 0.6 is 0 Å². The Balaban J connectivity index is 1.32. The number of imide groups is 1. The van der Waals surface area contributed by atoms with Gasteiger partial charge in [0.25, 0.3) is 0 Å². The van der Waals surface area contributed by atoms with Crippen molar-refractivity contribution in [2.24, 2.45) is 11.8 Å². The molecule has 1 saturated carbocycles. The second-order valence-corrected chi connectivity index (χ2v) is 8.19. The fraction of sp³-hybridized carbons (Fsp3) is 0.500. The van der Waals surface area contributed by atoms with Crippen LogP contribution < -0.4 is 0 Å². The predicted molar refractivity (Wildman–Crippen MR) is 108 cm³/mol. The number of benzene rings is 1. The van der Waals surface area contributed by atoms with Gasteiger partial charge >= 0.3 is 0 Å². The third-order valence-electron chi connectivity index (χ3n) is 6.05. The lowest BCUT2D eigenvalue weighted by Gasteiger charge is -2.19. The molecule has 2 aromatic rings. The van der Waals surface area contributed by atoms with Crippen molar-refractivity contribution in [1.29, 1.82) is 0 Å². The summed E-state index contributed by atoms with van der Waals surface area (Å²) in [6.07, 6.45) is 3.63. The third-order valence-corrected chi connectivity index (χ3v) is 6.05. The molecule has 8 nitrogen and oxygen atoms in total. The molecular weight excluding hydrogens is 384 g/mol. The van der Waals surface area contributed by atoms with Crippen molar-refractivity contribution in [3.63, 3.8) is 0 Å². The van der Waals surface area contributed by atoms with Crippen molar-refractivity contribution in [2.75, 3.05) is 13.6 Å². The van der Waals surface area contributed by atoms with E-state index in [2.05, 4.69) is 10.2 Å². The minimum atomic E-state index is -0.183. The molecular formula is C22H26N4O4. The van der Waals surface area contributed by atoms with Crippen LogP contribution in [0.4, 0.5) is 0 Å². The second-order valence-electron chi connectivity index (χ2n) is 8.19. The summed E-state index contributed by atoms with van der Waals surface area (Å²) in [6.45, 7) is 2.30. The quantitative estimate of drug-likeness (QED) is 0.679. The average molecular weight is 410 g/mol. The molecule has 1 aromatic carbocycles. The topological polar surface area (TPSA) is 96.6 Å². The standard InChI is InChI=1S/C22H26N4O4/c1-14-7-9-15(10-8-14)20-24-23-18(30-20)13-25(2)19(27)11-12-26-21(28)16-5-3-4-6-17(16)22(26)29/h7-10,16-17H,3-6,11-13H2,1-2H3/t16-,17-/m0/s1. The number of hydrogen-bond acceptors (Lipinski definition) is 6. The summed E-state index contributed by atoms with van der Waals surface area (Å²) < 4.78 is 5.67. The number of aryl methyl sites for hydroxylation is 1. The molecule has 2 atom stereocenters. The van der Waals surface area contributed by atoms with Crippen molar-refractivity contribution in [3.8, 4) is 11.5 Å². The molecule has 0 radical (unpaired) electrons. The largest absolute Gasteiger partial charge is 0.419 e. The van der Waals surface area contributed by atoms with Crippen LogP contribution in [0.1, 0.15) is 43.6 Å². The van der Waals surface area contributed by atoms with E-state index in [0.717, 1.165) is 36.8 Å². The van der Waals surface area contributed by atoms with Crippen LogP contribution in [0.15, 0.2) is 28.7 Å². The van der Waals surface area contributed by atoms with Crippen molar-refractivity contribution in [1.82, 2.24) is 20.0 Å². The Morgan fingerprint density at radius 1 is 1.10 bits per heavy atom. The van der Waals surface area contributed by atoms with Crippen LogP contribution in [0.25, 0.3) is 11.5 Å². The lowest BCUT2D eigenvalue weighted by atomic mass is 9.81. The van der Waals surface area contributed by atoms with E-state index in [4.69, 9.17) is 4.42 Å². The Labute approximate surface area is 175 Å². The molecule has 158 valence electrons. The molecule has 1 aliphatic carbocycles. The van der Waals surface area contributed by atoms with E-state index in [1.807, 2.05) is 31.2 Å². The maximum Gasteiger partial charge on any atom is 0.247 e. The van der Waals surface area contributed by atoms with Gasteiger partial charge in [-0.3, -0.25) is 19.3 Å². The van der Waals surface area contributed by atoms with Crippen LogP contribution in [0.3, 0.4) is 0 Å². The first-order valence-corrected chi connectivity index (χ1v) is 10.4. The molecule has 1 saturated heterocycles. The SMILES string of the molecule is Cc1ccc(-c2nnc(CN(C)C(=O)CCN3C(=O)[C@H]4CCCC[C@@H]4C3=O)o2)cc1. The number of carbonyl (C=O) groups is 3. The molecule has 0 unspecified atom stereocenters. The molecule has 0 bridgehead atoms. The molecule has 1 aromatic heterocycles. The Kier molecular flexibility index (Phi) is 5.65. The minimum Gasteiger partial charge on any atom is -0.419 e. The molecule has 2 heterocycles. The molecule has 3 amide bonds. The molecule has 1 aliphatic heterocycles. The highest BCUT2D eigenvalue weighted by Gasteiger charge is 2.47. The third kappa shape index (κ3) is 3.99. The average Bonchev–Trinajstić information content (AvgIpc) is 3.30. The molecule has 8 heteroatoms. The van der Waals surface area contributed by atoms with Gasteiger partial charge in [0, 0.05) is 25.6 Å². The normalized spacial score (nSPS) is 21.1. The maximum absolute atomic E-state index is 12.5. The fourth-order valence-corrected chi connectivity index (χ4v) is 4.27. The Hall–Kier alpha value is -3.03. The van der Waals surface area contributed by atoms with Gasteiger partial charge in [0.15, 0.2) is 0 Å². The van der Waals surface area contributed by atoms with E-state index in [1.165, 1.54) is 9.80 Å². The summed E-state index contributed by atoms with van der Waals surface area (Å²) in [7, 11) is 1.64. The molecule has 30 heavy (non-hydrogen) atoms. The highest BCUT2D eigenvalue weighted by molar-refractivity contribution is 6.05. The lowest BCUT2D eigenvalue weighted by Crippen LogP contribution is -2.36. The number of amides is 3. The summed E-state index contributed by atoms with van der Waals surface area (Å²) in [4.78, 5) is 40.4. The van der Waals surface area contributed by atoms with Crippen molar-refractivity contribution in [3.05, 3.63) is 35.7 Å². The van der Waals surface area contributed by atoms with E-state index in [-0.39, 0.29) is 49.1 Å². The summed E-state index contributed by atoms with van der Waals surface area (Å²) >= 11 is 0. The van der Waals surface area contributed by atoms with Gasteiger partial charge in [-0.2, -0.15) is 0 Å². The number of carbonyl (C=O) groups excluding carboxylic acids is 3. The number of rotatable bonds is 6. The van der Waals surface area contributed by atoms with E-state index in [0.29, 0.717) is 11.8 Å². The van der Waals surface area contributed by atoms with Crippen LogP contribution in [0.2, 0.25) is 0 Å². The Morgan fingerprint density at radius 3 is 2.37 bits per heavy atom. The summed E-state index contributed by atoms with van der Waals surface area (Å²) in [5, 5.41) is 8.07. The Morgan fingerprint density at radius 2 is 1.73 bits per heavy atom. The van der Waals surface area contributed by atoms with E-state index in [9.17, 15) is 14.4 Å². The van der Waals surface area contributed by atoms with Crippen molar-refractivity contribution >= 4 is 17.7 Å². The summed E-state index contributed by atoms with van der Waals surface area (Å²) in [6, 6.07) is 7.74. The van der Waals surface area contributed by atoms with Gasteiger partial charge in [0.05, 0.1) is 18.4 Å². The summed E-state index contributed by atoms with van der Waals surface area (Å²) in [5.41, 5.74) is 1.96. The first-order chi connectivity index (χ1) is 14.4. The van der Waals surface area contributed by atoms with E-state index < -0.39 is 0 Å². The van der Waals surface area contributed by atoms with Crippen LogP contribution in [0.5, 0.6) is 0 Å². The van der Waals surface area contributed by atoms with Gasteiger partial charge in [-0.25, -0.2) is 0 Å². The van der Waals surface area contributed by atoms with Crippen LogP contribution in [0, 0.1) is 18.8 Å². The van der Waals surface area contributed by atoms with Crippen LogP contribution in [-0.4, -0.2) is 51.3 Å². The van der Waals surface area contributed by atoms with E-state index >= 15 is 0 Å². The van der Waals surface area contributed by atoms with Gasteiger partial charge in [-0.15, -0.1) is 10.2 Å². The molecule has 2 aliphatic rings. The van der Waals surface area contributed by atoms with Gasteiger partial charge in [0.2, 0.25) is 29.5 Å². The zero-order valence-corrected chi connectivity index (χ0v) is 17.3. The first kappa shape index (κ1) is 20.3. The zero-order chi connectivity index (χ0) is 21.3. The van der Waals surface area contributed by atoms with Crippen LogP contribution in [-0.2, 0) is 20.9 Å². The molecule has 2 fully saturated rings. The van der Waals surface area contributed by atoms with Gasteiger partial charge in [-0.1, -0.05) is 30.5 Å². The van der Waals surface area contributed by atoms with E-state index in [1.54, 1.807) is 7.05 Å². The van der Waals surface area contributed by atoms with Gasteiger partial charge in [0.1, 0.15) is 0 Å². The highest BCUT2D eigenvalue weighted by atomic mass is 16.4. The second kappa shape index (κ2) is 8.38. The number of likely N-dealkylation sites (tertiary alicyclic amines) is 1. The monoisotopic (exact) mass is 410 g/mol. The molecule has 4 rings (SSSR count). The van der Waals surface area contributed by atoms with Gasteiger partial charge in [-0.05, 0) is 31.9 Å². The minimum absolute atomic E-state index is 0.0897. The predicted octanol–water partition coefficient (Wildman–Crippen LogP) is 2.57. The number of hydrogen-bond donors (Lipinski definition) is 0. The summed E-state index contributed by atoms with van der Waals surface area (Å²) in [5.74, 6) is -0.0297. The fourth-order valence-electron chi connectivity index (χ4n) is 4.27. The highest BCUT2D eigenvalue weighted by Crippen LogP contribution is 2.38. The number of nitrogens with zero attached hydrogens (tertiary/aromatic N) is 4. The van der Waals surface area contributed by atoms with Crippen molar-refractivity contribution < 1.29 is 18.8 Å². The Bertz CT molecular complexity index is 928.